The van der Waals surface area contributed by atoms with Gasteiger partial charge in [0.15, 0.2) is 0 Å². The molecule has 1 N–H and O–H groups in total. The van der Waals surface area contributed by atoms with Crippen LogP contribution in [-0.4, -0.2) is 67.5 Å². The summed E-state index contributed by atoms with van der Waals surface area (Å²) in [5, 5.41) is 14.5. The monoisotopic (exact) mass is 588 g/mol. The van der Waals surface area contributed by atoms with Crippen molar-refractivity contribution < 1.29 is 37.3 Å². The zero-order chi connectivity index (χ0) is 30.2. The van der Waals surface area contributed by atoms with E-state index in [1.165, 1.54) is 26.4 Å². The Morgan fingerprint density at radius 1 is 1.10 bits per heavy atom. The normalized spacial score (nSPS) is 16.5. The largest absolute Gasteiger partial charge is 0.497 e. The number of aliphatic hydroxyl groups is 1. The van der Waals surface area contributed by atoms with Gasteiger partial charge in [0, 0.05) is 42.5 Å². The summed E-state index contributed by atoms with van der Waals surface area (Å²) in [4.78, 5) is 29.9. The molecular formula is C29H31F3N4O6. The van der Waals surface area contributed by atoms with Crippen LogP contribution in [-0.2, 0) is 17.3 Å². The van der Waals surface area contributed by atoms with E-state index in [1.54, 1.807) is 23.1 Å². The van der Waals surface area contributed by atoms with Crippen LogP contribution in [0.15, 0.2) is 41.2 Å². The molecule has 0 spiro atoms. The number of rotatable bonds is 7. The Labute approximate surface area is 239 Å². The number of carbonyl (C=O) groups excluding carboxylic acids is 1. The van der Waals surface area contributed by atoms with Crippen LogP contribution in [0, 0.1) is 0 Å². The maximum absolute atomic E-state index is 14.4. The second kappa shape index (κ2) is 11.6. The Morgan fingerprint density at radius 2 is 1.81 bits per heavy atom. The van der Waals surface area contributed by atoms with Crippen LogP contribution < -0.4 is 24.8 Å². The van der Waals surface area contributed by atoms with E-state index >= 15 is 0 Å². The average molecular weight is 589 g/mol. The van der Waals surface area contributed by atoms with Crippen LogP contribution in [0.25, 0.3) is 16.9 Å². The highest BCUT2D eigenvalue weighted by molar-refractivity contribution is 5.92. The summed E-state index contributed by atoms with van der Waals surface area (Å²) < 4.78 is 59.9. The quantitative estimate of drug-likeness (QED) is 0.433. The zero-order valence-electron chi connectivity index (χ0n) is 23.4. The van der Waals surface area contributed by atoms with Crippen molar-refractivity contribution in [3.8, 4) is 28.4 Å². The zero-order valence-corrected chi connectivity index (χ0v) is 23.4. The van der Waals surface area contributed by atoms with Gasteiger partial charge < -0.3 is 24.2 Å². The van der Waals surface area contributed by atoms with Crippen molar-refractivity contribution in [2.45, 2.75) is 38.5 Å². The highest BCUT2D eigenvalue weighted by atomic mass is 19.4. The molecule has 2 aliphatic rings. The number of ether oxygens (including phenoxy) is 3. The number of methoxy groups -OCH3 is 2. The van der Waals surface area contributed by atoms with Gasteiger partial charge >= 0.3 is 12.3 Å². The van der Waals surface area contributed by atoms with Crippen LogP contribution in [0.5, 0.6) is 11.5 Å². The van der Waals surface area contributed by atoms with Crippen molar-refractivity contribution >= 4 is 17.5 Å². The minimum Gasteiger partial charge on any atom is -0.497 e. The van der Waals surface area contributed by atoms with Crippen LogP contribution in [0.3, 0.4) is 0 Å². The van der Waals surface area contributed by atoms with Gasteiger partial charge in [-0.3, -0.25) is 9.69 Å². The summed E-state index contributed by atoms with van der Waals surface area (Å²) in [6.07, 6.45) is -4.97. The van der Waals surface area contributed by atoms with E-state index < -0.39 is 35.2 Å². The number of halogens is 3. The first-order chi connectivity index (χ1) is 20.0. The van der Waals surface area contributed by atoms with E-state index in [-0.39, 0.29) is 37.5 Å². The molecule has 2 aliphatic heterocycles. The first-order valence-corrected chi connectivity index (χ1v) is 13.5. The molecule has 224 valence electrons. The molecule has 1 amide bonds. The van der Waals surface area contributed by atoms with E-state index in [4.69, 9.17) is 14.2 Å². The molecule has 5 rings (SSSR count). The summed E-state index contributed by atoms with van der Waals surface area (Å²) in [6.45, 7) is 2.70. The van der Waals surface area contributed by atoms with E-state index in [1.807, 2.05) is 6.92 Å². The van der Waals surface area contributed by atoms with Crippen LogP contribution in [0.1, 0.15) is 30.9 Å². The number of aromatic nitrogens is 2. The molecule has 13 heteroatoms. The molecule has 0 saturated carbocycles. The fourth-order valence-electron chi connectivity index (χ4n) is 5.30. The highest BCUT2D eigenvalue weighted by Crippen LogP contribution is 2.39. The maximum atomic E-state index is 14.4. The predicted octanol–water partition coefficient (Wildman–Crippen LogP) is 4.42. The maximum Gasteiger partial charge on any atom is 0.418 e. The Kier molecular flexibility index (Phi) is 8.04. The van der Waals surface area contributed by atoms with Gasteiger partial charge in [-0.25, -0.2) is 4.79 Å². The highest BCUT2D eigenvalue weighted by Gasteiger charge is 2.38. The molecule has 3 aromatic rings. The number of aliphatic hydroxyl groups excluding tert-OH is 1. The molecule has 1 fully saturated rings. The summed E-state index contributed by atoms with van der Waals surface area (Å²) >= 11 is 0. The van der Waals surface area contributed by atoms with Crippen molar-refractivity contribution in [3.63, 3.8) is 0 Å². The Balaban J connectivity index is 1.79. The first-order valence-electron chi connectivity index (χ1n) is 13.5. The number of hydrogen-bond acceptors (Lipinski definition) is 8. The number of amides is 1. The van der Waals surface area contributed by atoms with Crippen molar-refractivity contribution in [1.29, 1.82) is 0 Å². The lowest BCUT2D eigenvalue weighted by molar-refractivity contribution is -0.137. The van der Waals surface area contributed by atoms with Gasteiger partial charge in [0.2, 0.25) is 0 Å². The number of anilines is 2. The predicted molar refractivity (Wildman–Crippen MR) is 149 cm³/mol. The minimum atomic E-state index is -4.82. The molecule has 2 aromatic carbocycles. The van der Waals surface area contributed by atoms with E-state index in [2.05, 4.69) is 5.10 Å². The van der Waals surface area contributed by atoms with E-state index in [0.29, 0.717) is 52.4 Å². The van der Waals surface area contributed by atoms with Gasteiger partial charge in [-0.15, -0.1) is 0 Å². The molecule has 1 unspecified atom stereocenters. The molecule has 0 radical (unpaired) electrons. The topological polar surface area (TPSA) is 106 Å². The second-order valence-electron chi connectivity index (χ2n) is 10.1. The number of benzene rings is 2. The molecule has 0 bridgehead atoms. The molecule has 42 heavy (non-hydrogen) atoms. The van der Waals surface area contributed by atoms with E-state index in [0.717, 1.165) is 11.0 Å². The summed E-state index contributed by atoms with van der Waals surface area (Å²) in [5.41, 5.74) is -1.15. The van der Waals surface area contributed by atoms with Gasteiger partial charge in [0.25, 0.3) is 5.56 Å². The number of fused-ring (bicyclic) bond motifs is 1. The van der Waals surface area contributed by atoms with Crippen LogP contribution >= 0.6 is 0 Å². The number of carbonyl (C=O) groups is 1. The number of nitrogens with zero attached hydrogens (tertiary/aromatic N) is 4. The molecule has 3 heterocycles. The van der Waals surface area contributed by atoms with Gasteiger partial charge in [0.05, 0.1) is 43.9 Å². The Hall–Kier alpha value is -4.26. The first kappa shape index (κ1) is 29.2. The molecule has 1 atom stereocenters. The third kappa shape index (κ3) is 5.48. The molecule has 10 nitrogen and oxygen atoms in total. The summed E-state index contributed by atoms with van der Waals surface area (Å²) in [6, 6.07) is 8.34. The second-order valence-corrected chi connectivity index (χ2v) is 10.1. The van der Waals surface area contributed by atoms with Gasteiger partial charge in [-0.2, -0.15) is 23.0 Å². The lowest BCUT2D eigenvalue weighted by atomic mass is 10.0. The van der Waals surface area contributed by atoms with Crippen molar-refractivity contribution in [2.75, 3.05) is 50.3 Å². The van der Waals surface area contributed by atoms with Crippen LogP contribution in [0.4, 0.5) is 29.3 Å². The summed E-state index contributed by atoms with van der Waals surface area (Å²) in [5.74, 6) is 0.806. The molecular weight excluding hydrogens is 557 g/mol. The Bertz CT molecular complexity index is 1540. The molecule has 1 aromatic heterocycles. The average Bonchev–Trinajstić information content (AvgIpc) is 3.62. The van der Waals surface area contributed by atoms with Gasteiger partial charge in [0.1, 0.15) is 17.2 Å². The SMILES string of the molecule is CCCOC(=O)N1CCc2c(-c3cc(OC)cc(OC)c3)nn(-c3cc(N4CCC(O)C4)ccc3C(F)(F)F)c(=O)c21. The van der Waals surface area contributed by atoms with Crippen molar-refractivity contribution in [2.24, 2.45) is 0 Å². The molecule has 0 aliphatic carbocycles. The van der Waals surface area contributed by atoms with E-state index in [9.17, 15) is 27.9 Å². The Morgan fingerprint density at radius 3 is 2.40 bits per heavy atom. The smallest absolute Gasteiger partial charge is 0.418 e. The summed E-state index contributed by atoms with van der Waals surface area (Å²) in [7, 11) is 2.92. The fourth-order valence-corrected chi connectivity index (χ4v) is 5.30. The lowest BCUT2D eigenvalue weighted by Crippen LogP contribution is -2.36. The lowest BCUT2D eigenvalue weighted by Gasteiger charge is -2.23. The van der Waals surface area contributed by atoms with Crippen molar-refractivity contribution in [3.05, 3.63) is 57.9 Å². The van der Waals surface area contributed by atoms with Crippen molar-refractivity contribution in [1.82, 2.24) is 9.78 Å². The fraction of sp³-hybridized carbons (Fsp3) is 0.414. The number of β-amino-alcohol motifs (C(OH)–C–C–N with tert-alkyl or cyclic N) is 1. The standard InChI is InChI=1S/C29H31F3N4O6/c1-4-11-42-28(39)35-10-8-22-25(17-12-20(40-2)15-21(13-17)41-3)33-36(27(38)26(22)35)24-14-18(34-9-7-19(37)16-34)5-6-23(24)29(30,31)32/h5-6,12-15,19,37H,4,7-11,16H2,1-3H3. The number of hydrogen-bond donors (Lipinski definition) is 1. The van der Waals surface area contributed by atoms with Crippen LogP contribution in [0.2, 0.25) is 0 Å². The van der Waals surface area contributed by atoms with Gasteiger partial charge in [-0.05, 0) is 49.6 Å². The number of alkyl halides is 3. The minimum absolute atomic E-state index is 0.0880. The molecule has 1 saturated heterocycles. The third-order valence-electron chi connectivity index (χ3n) is 7.34. The third-order valence-corrected chi connectivity index (χ3v) is 7.34. The van der Waals surface area contributed by atoms with Gasteiger partial charge in [-0.1, -0.05) is 6.92 Å².